The Kier molecular flexibility index (Phi) is 5.00. The first kappa shape index (κ1) is 13.2. The molecule has 0 N–H and O–H groups in total. The van der Waals surface area contributed by atoms with Crippen molar-refractivity contribution in [2.45, 2.75) is 39.7 Å². The molecule has 0 aromatic rings. The summed E-state index contributed by atoms with van der Waals surface area (Å²) < 4.78 is 10.6. The molecule has 3 heteroatoms. The van der Waals surface area contributed by atoms with E-state index in [4.69, 9.17) is 9.47 Å². The van der Waals surface area contributed by atoms with Crippen molar-refractivity contribution < 1.29 is 14.3 Å². The molecule has 16 heavy (non-hydrogen) atoms. The van der Waals surface area contributed by atoms with Crippen LogP contribution in [-0.2, 0) is 14.3 Å². The second-order valence-corrected chi connectivity index (χ2v) is 4.65. The first-order valence-corrected chi connectivity index (χ1v) is 6.03. The van der Waals surface area contributed by atoms with E-state index in [9.17, 15) is 4.79 Å². The van der Waals surface area contributed by atoms with Crippen LogP contribution >= 0.6 is 0 Å². The summed E-state index contributed by atoms with van der Waals surface area (Å²) in [6.07, 6.45) is 1.83. The molecular weight excluding hydrogens is 204 g/mol. The van der Waals surface area contributed by atoms with E-state index in [0.29, 0.717) is 24.0 Å². The van der Waals surface area contributed by atoms with E-state index in [1.807, 2.05) is 0 Å². The maximum absolute atomic E-state index is 11.5. The number of esters is 1. The smallest absolute Gasteiger partial charge is 0.336 e. The van der Waals surface area contributed by atoms with E-state index in [0.717, 1.165) is 19.4 Å². The van der Waals surface area contributed by atoms with Crippen molar-refractivity contribution >= 4 is 5.97 Å². The highest BCUT2D eigenvalue weighted by atomic mass is 16.5. The zero-order valence-electron chi connectivity index (χ0n) is 10.5. The van der Waals surface area contributed by atoms with Crippen molar-refractivity contribution in [3.63, 3.8) is 0 Å². The van der Waals surface area contributed by atoms with Crippen molar-refractivity contribution in [2.75, 3.05) is 13.2 Å². The predicted molar refractivity (Wildman–Crippen MR) is 63.1 cm³/mol. The van der Waals surface area contributed by atoms with Gasteiger partial charge in [0.05, 0.1) is 24.9 Å². The summed E-state index contributed by atoms with van der Waals surface area (Å²) in [5.74, 6) is 0.915. The van der Waals surface area contributed by atoms with Gasteiger partial charge in [-0.2, -0.15) is 0 Å². The van der Waals surface area contributed by atoms with Gasteiger partial charge in [0.25, 0.3) is 0 Å². The second-order valence-electron chi connectivity index (χ2n) is 4.65. The Bertz CT molecular complexity index is 250. The Morgan fingerprint density at radius 2 is 2.19 bits per heavy atom. The predicted octanol–water partition coefficient (Wildman–Crippen LogP) is 2.56. The fourth-order valence-electron chi connectivity index (χ4n) is 1.93. The summed E-state index contributed by atoms with van der Waals surface area (Å²) in [5, 5.41) is 0. The van der Waals surface area contributed by atoms with Crippen LogP contribution in [0.2, 0.25) is 0 Å². The quantitative estimate of drug-likeness (QED) is 0.546. The maximum atomic E-state index is 11.5. The van der Waals surface area contributed by atoms with E-state index in [1.54, 1.807) is 6.92 Å². The summed E-state index contributed by atoms with van der Waals surface area (Å²) in [6.45, 7) is 11.1. The minimum atomic E-state index is -0.324. The van der Waals surface area contributed by atoms with E-state index >= 15 is 0 Å². The van der Waals surface area contributed by atoms with Crippen LogP contribution in [0.4, 0.5) is 0 Å². The fraction of sp³-hybridized carbons (Fsp3) is 0.769. The lowest BCUT2D eigenvalue weighted by molar-refractivity contribution is -0.140. The zero-order valence-corrected chi connectivity index (χ0v) is 10.5. The number of hydrogen-bond acceptors (Lipinski definition) is 3. The van der Waals surface area contributed by atoms with E-state index in [2.05, 4.69) is 20.4 Å². The molecule has 0 aromatic carbocycles. The largest absolute Gasteiger partial charge is 0.463 e. The van der Waals surface area contributed by atoms with Crippen LogP contribution in [0.3, 0.4) is 0 Å². The minimum absolute atomic E-state index is 0.144. The van der Waals surface area contributed by atoms with Gasteiger partial charge in [-0.15, -0.1) is 0 Å². The molecule has 0 radical (unpaired) electrons. The fourth-order valence-corrected chi connectivity index (χ4v) is 1.93. The van der Waals surface area contributed by atoms with Crippen LogP contribution < -0.4 is 0 Å². The molecule has 1 aliphatic rings. The van der Waals surface area contributed by atoms with Gasteiger partial charge in [-0.05, 0) is 31.6 Å². The normalized spacial score (nSPS) is 25.5. The van der Waals surface area contributed by atoms with E-state index < -0.39 is 0 Å². The lowest BCUT2D eigenvalue weighted by atomic mass is 9.87. The van der Waals surface area contributed by atoms with E-state index in [1.165, 1.54) is 0 Å². The van der Waals surface area contributed by atoms with Crippen LogP contribution in [-0.4, -0.2) is 25.3 Å². The van der Waals surface area contributed by atoms with Gasteiger partial charge in [-0.25, -0.2) is 4.79 Å². The molecule has 0 spiro atoms. The summed E-state index contributed by atoms with van der Waals surface area (Å²) in [5.41, 5.74) is 0.462. The Morgan fingerprint density at radius 1 is 1.50 bits per heavy atom. The summed E-state index contributed by atoms with van der Waals surface area (Å²) in [6, 6.07) is 0. The lowest BCUT2D eigenvalue weighted by Crippen LogP contribution is -2.32. The number of carbonyl (C=O) groups excluding carboxylic acids is 1. The monoisotopic (exact) mass is 226 g/mol. The Labute approximate surface area is 97.8 Å². The van der Waals surface area contributed by atoms with Crippen molar-refractivity contribution in [3.8, 4) is 0 Å². The molecule has 1 aliphatic heterocycles. The standard InChI is InChI=1S/C13H22O3/c1-5-15-13(14)10(4)12-7-6-11(8-16-12)9(2)3/h9,11-12H,4-8H2,1-3H3/t11-,12-/m0/s1. The van der Waals surface area contributed by atoms with Gasteiger partial charge in [-0.1, -0.05) is 20.4 Å². The maximum Gasteiger partial charge on any atom is 0.336 e. The highest BCUT2D eigenvalue weighted by Gasteiger charge is 2.28. The van der Waals surface area contributed by atoms with Crippen LogP contribution in [0.1, 0.15) is 33.6 Å². The molecule has 0 amide bonds. The van der Waals surface area contributed by atoms with Crippen LogP contribution in [0.25, 0.3) is 0 Å². The molecule has 2 atom stereocenters. The lowest BCUT2D eigenvalue weighted by Gasteiger charge is -2.31. The molecule has 1 fully saturated rings. The van der Waals surface area contributed by atoms with Crippen LogP contribution in [0.5, 0.6) is 0 Å². The molecule has 0 aliphatic carbocycles. The Hall–Kier alpha value is -0.830. The SMILES string of the molecule is C=C(C(=O)OCC)[C@@H]1CC[C@H](C(C)C)CO1. The average Bonchev–Trinajstić information content (AvgIpc) is 2.28. The summed E-state index contributed by atoms with van der Waals surface area (Å²) >= 11 is 0. The van der Waals surface area contributed by atoms with Crippen molar-refractivity contribution in [1.29, 1.82) is 0 Å². The van der Waals surface area contributed by atoms with Crippen LogP contribution in [0, 0.1) is 11.8 Å². The highest BCUT2D eigenvalue weighted by molar-refractivity contribution is 5.88. The summed E-state index contributed by atoms with van der Waals surface area (Å²) in [7, 11) is 0. The van der Waals surface area contributed by atoms with Crippen LogP contribution in [0.15, 0.2) is 12.2 Å². The van der Waals surface area contributed by atoms with Crippen molar-refractivity contribution in [3.05, 3.63) is 12.2 Å². The van der Waals surface area contributed by atoms with Gasteiger partial charge in [0.1, 0.15) is 0 Å². The highest BCUT2D eigenvalue weighted by Crippen LogP contribution is 2.28. The van der Waals surface area contributed by atoms with Crippen molar-refractivity contribution in [2.24, 2.45) is 11.8 Å². The van der Waals surface area contributed by atoms with Gasteiger partial charge in [0.15, 0.2) is 0 Å². The molecule has 3 nitrogen and oxygen atoms in total. The molecule has 0 saturated carbocycles. The molecular formula is C13H22O3. The Morgan fingerprint density at radius 3 is 2.62 bits per heavy atom. The number of ether oxygens (including phenoxy) is 2. The topological polar surface area (TPSA) is 35.5 Å². The first-order chi connectivity index (χ1) is 7.56. The number of rotatable bonds is 4. The third kappa shape index (κ3) is 3.34. The zero-order chi connectivity index (χ0) is 12.1. The minimum Gasteiger partial charge on any atom is -0.463 e. The number of hydrogen-bond donors (Lipinski definition) is 0. The number of carbonyl (C=O) groups is 1. The first-order valence-electron chi connectivity index (χ1n) is 6.03. The Balaban J connectivity index is 2.41. The molecule has 1 rings (SSSR count). The molecule has 0 unspecified atom stereocenters. The van der Waals surface area contributed by atoms with Gasteiger partial charge < -0.3 is 9.47 Å². The van der Waals surface area contributed by atoms with Gasteiger partial charge in [-0.3, -0.25) is 0 Å². The molecule has 0 bridgehead atoms. The third-order valence-corrected chi connectivity index (χ3v) is 3.18. The average molecular weight is 226 g/mol. The van der Waals surface area contributed by atoms with E-state index in [-0.39, 0.29) is 12.1 Å². The van der Waals surface area contributed by atoms with Gasteiger partial charge in [0, 0.05) is 0 Å². The molecule has 1 heterocycles. The van der Waals surface area contributed by atoms with Gasteiger partial charge >= 0.3 is 5.97 Å². The molecule has 0 aromatic heterocycles. The second kappa shape index (κ2) is 6.04. The third-order valence-electron chi connectivity index (χ3n) is 3.18. The summed E-state index contributed by atoms with van der Waals surface area (Å²) in [4.78, 5) is 11.5. The van der Waals surface area contributed by atoms with Gasteiger partial charge in [0.2, 0.25) is 0 Å². The molecule has 92 valence electrons. The van der Waals surface area contributed by atoms with Crippen molar-refractivity contribution in [1.82, 2.24) is 0 Å². The molecule has 1 saturated heterocycles.